The van der Waals surface area contributed by atoms with Gasteiger partial charge in [-0.1, -0.05) is 19.1 Å². The zero-order valence-corrected chi connectivity index (χ0v) is 12.5. The first-order chi connectivity index (χ1) is 9.76. The van der Waals surface area contributed by atoms with E-state index in [9.17, 15) is 4.39 Å². The van der Waals surface area contributed by atoms with E-state index in [1.54, 1.807) is 12.1 Å². The minimum absolute atomic E-state index is 0.131. The maximum atomic E-state index is 14.2. The highest BCUT2D eigenvalue weighted by Gasteiger charge is 2.24. The van der Waals surface area contributed by atoms with E-state index in [1.165, 1.54) is 0 Å². The molecule has 20 heavy (non-hydrogen) atoms. The number of benzene rings is 1. The van der Waals surface area contributed by atoms with Crippen molar-refractivity contribution in [3.05, 3.63) is 29.6 Å². The summed E-state index contributed by atoms with van der Waals surface area (Å²) in [6.45, 7) is 5.28. The van der Waals surface area contributed by atoms with Crippen LogP contribution in [0.25, 0.3) is 0 Å². The van der Waals surface area contributed by atoms with Crippen molar-refractivity contribution < 1.29 is 9.13 Å². The van der Waals surface area contributed by atoms with E-state index < -0.39 is 0 Å². The van der Waals surface area contributed by atoms with Gasteiger partial charge in [0.2, 0.25) is 0 Å². The van der Waals surface area contributed by atoms with Crippen molar-refractivity contribution in [2.45, 2.75) is 38.8 Å². The Hall–Kier alpha value is -1.13. The normalized spacial score (nSPS) is 19.4. The molecule has 1 aliphatic rings. The number of anilines is 1. The molecule has 0 radical (unpaired) electrons. The van der Waals surface area contributed by atoms with E-state index in [0.29, 0.717) is 6.54 Å². The lowest BCUT2D eigenvalue weighted by molar-refractivity contribution is 0.0439. The predicted octanol–water partition coefficient (Wildman–Crippen LogP) is 2.94. The number of hydrogen-bond donors (Lipinski definition) is 1. The molecule has 0 aliphatic carbocycles. The summed E-state index contributed by atoms with van der Waals surface area (Å²) in [4.78, 5) is 2.14. The first-order valence-corrected chi connectivity index (χ1v) is 7.54. The van der Waals surface area contributed by atoms with Gasteiger partial charge in [-0.3, -0.25) is 0 Å². The molecule has 1 fully saturated rings. The van der Waals surface area contributed by atoms with Gasteiger partial charge in [-0.2, -0.15) is 0 Å². The molecule has 3 nitrogen and oxygen atoms in total. The number of para-hydroxylation sites is 1. The number of ether oxygens (including phenoxy) is 1. The Morgan fingerprint density at radius 1 is 1.45 bits per heavy atom. The van der Waals surface area contributed by atoms with Crippen LogP contribution in [0.2, 0.25) is 0 Å². The average Bonchev–Trinajstić information content (AvgIpc) is 2.46. The standard InChI is InChI=1S/C16H25FN2O/c1-3-10-20-14-7-5-9-19(12-14)16-13(11-18-2)6-4-8-15(16)17/h4,6,8,14,18H,3,5,7,9-12H2,1-2H3. The van der Waals surface area contributed by atoms with Crippen LogP contribution in [0, 0.1) is 5.82 Å². The molecular weight excluding hydrogens is 255 g/mol. The summed E-state index contributed by atoms with van der Waals surface area (Å²) in [6.07, 6.45) is 3.39. The van der Waals surface area contributed by atoms with Gasteiger partial charge in [-0.15, -0.1) is 0 Å². The summed E-state index contributed by atoms with van der Waals surface area (Å²) in [5, 5.41) is 3.11. The maximum absolute atomic E-state index is 14.2. The Kier molecular flexibility index (Phi) is 5.80. The molecule has 1 heterocycles. The summed E-state index contributed by atoms with van der Waals surface area (Å²) < 4.78 is 20.1. The van der Waals surface area contributed by atoms with Crippen LogP contribution in [0.15, 0.2) is 18.2 Å². The first kappa shape index (κ1) is 15.3. The highest BCUT2D eigenvalue weighted by molar-refractivity contribution is 5.55. The quantitative estimate of drug-likeness (QED) is 0.867. The fourth-order valence-corrected chi connectivity index (χ4v) is 2.81. The zero-order valence-electron chi connectivity index (χ0n) is 12.5. The van der Waals surface area contributed by atoms with E-state index >= 15 is 0 Å². The lowest BCUT2D eigenvalue weighted by atomic mass is 10.0. The van der Waals surface area contributed by atoms with Gasteiger partial charge in [0.15, 0.2) is 0 Å². The van der Waals surface area contributed by atoms with Crippen LogP contribution < -0.4 is 10.2 Å². The van der Waals surface area contributed by atoms with E-state index in [2.05, 4.69) is 17.1 Å². The molecule has 1 unspecified atom stereocenters. The summed E-state index contributed by atoms with van der Waals surface area (Å²) in [5.41, 5.74) is 1.76. The van der Waals surface area contributed by atoms with Crippen molar-refractivity contribution in [3.63, 3.8) is 0 Å². The van der Waals surface area contributed by atoms with Crippen LogP contribution in [-0.4, -0.2) is 32.8 Å². The van der Waals surface area contributed by atoms with Crippen molar-refractivity contribution >= 4 is 5.69 Å². The average molecular weight is 280 g/mol. The van der Waals surface area contributed by atoms with Gasteiger partial charge in [-0.05, 0) is 37.9 Å². The van der Waals surface area contributed by atoms with E-state index in [-0.39, 0.29) is 11.9 Å². The molecule has 2 rings (SSSR count). The molecule has 1 aromatic rings. The highest BCUT2D eigenvalue weighted by atomic mass is 19.1. The zero-order chi connectivity index (χ0) is 14.4. The lowest BCUT2D eigenvalue weighted by Gasteiger charge is -2.35. The molecule has 0 spiro atoms. The second-order valence-corrected chi connectivity index (χ2v) is 5.36. The van der Waals surface area contributed by atoms with E-state index in [4.69, 9.17) is 4.74 Å². The molecule has 0 amide bonds. The third-order valence-corrected chi connectivity index (χ3v) is 3.69. The third kappa shape index (κ3) is 3.70. The van der Waals surface area contributed by atoms with Crippen molar-refractivity contribution in [1.29, 1.82) is 0 Å². The van der Waals surface area contributed by atoms with Gasteiger partial charge < -0.3 is 15.0 Å². The predicted molar refractivity (Wildman–Crippen MR) is 80.6 cm³/mol. The van der Waals surface area contributed by atoms with Gasteiger partial charge in [-0.25, -0.2) is 4.39 Å². The van der Waals surface area contributed by atoms with Gasteiger partial charge in [0.05, 0.1) is 11.8 Å². The second kappa shape index (κ2) is 7.60. The minimum atomic E-state index is -0.131. The lowest BCUT2D eigenvalue weighted by Crippen LogP contribution is -2.41. The van der Waals surface area contributed by atoms with Crippen molar-refractivity contribution in [2.75, 3.05) is 31.6 Å². The monoisotopic (exact) mass is 280 g/mol. The van der Waals surface area contributed by atoms with Gasteiger partial charge in [0, 0.05) is 26.2 Å². The van der Waals surface area contributed by atoms with Crippen LogP contribution in [0.5, 0.6) is 0 Å². The van der Waals surface area contributed by atoms with Crippen LogP contribution in [-0.2, 0) is 11.3 Å². The summed E-state index contributed by atoms with van der Waals surface area (Å²) in [6, 6.07) is 5.32. The highest BCUT2D eigenvalue weighted by Crippen LogP contribution is 2.28. The molecule has 4 heteroatoms. The van der Waals surface area contributed by atoms with E-state index in [1.807, 2.05) is 13.1 Å². The minimum Gasteiger partial charge on any atom is -0.376 e. The van der Waals surface area contributed by atoms with Crippen LogP contribution >= 0.6 is 0 Å². The largest absolute Gasteiger partial charge is 0.376 e. The molecule has 1 aliphatic heterocycles. The number of nitrogens with zero attached hydrogens (tertiary/aromatic N) is 1. The van der Waals surface area contributed by atoms with Crippen molar-refractivity contribution in [2.24, 2.45) is 0 Å². The Balaban J connectivity index is 2.13. The topological polar surface area (TPSA) is 24.5 Å². The number of nitrogens with one attached hydrogen (secondary N) is 1. The molecule has 0 bridgehead atoms. The molecule has 0 aromatic heterocycles. The van der Waals surface area contributed by atoms with Gasteiger partial charge in [0.1, 0.15) is 5.82 Å². The number of piperidine rings is 1. The second-order valence-electron chi connectivity index (χ2n) is 5.36. The van der Waals surface area contributed by atoms with Crippen molar-refractivity contribution in [1.82, 2.24) is 5.32 Å². The summed E-state index contributed by atoms with van der Waals surface area (Å²) in [7, 11) is 1.89. The molecule has 0 saturated carbocycles. The number of halogens is 1. The Morgan fingerprint density at radius 2 is 2.30 bits per heavy atom. The Labute approximate surface area is 121 Å². The van der Waals surface area contributed by atoms with Gasteiger partial charge >= 0.3 is 0 Å². The van der Waals surface area contributed by atoms with Crippen molar-refractivity contribution in [3.8, 4) is 0 Å². The van der Waals surface area contributed by atoms with Crippen LogP contribution in [0.1, 0.15) is 31.7 Å². The smallest absolute Gasteiger partial charge is 0.146 e. The molecule has 112 valence electrons. The summed E-state index contributed by atoms with van der Waals surface area (Å²) >= 11 is 0. The first-order valence-electron chi connectivity index (χ1n) is 7.54. The maximum Gasteiger partial charge on any atom is 0.146 e. The fourth-order valence-electron chi connectivity index (χ4n) is 2.81. The molecule has 1 saturated heterocycles. The fraction of sp³-hybridized carbons (Fsp3) is 0.625. The number of hydrogen-bond acceptors (Lipinski definition) is 3. The van der Waals surface area contributed by atoms with Gasteiger partial charge in [0.25, 0.3) is 0 Å². The molecule has 1 aromatic carbocycles. The van der Waals surface area contributed by atoms with E-state index in [0.717, 1.165) is 50.2 Å². The molecular formula is C16H25FN2O. The Bertz CT molecular complexity index is 425. The SMILES string of the molecule is CCCOC1CCCN(c2c(F)cccc2CNC)C1. The summed E-state index contributed by atoms with van der Waals surface area (Å²) in [5.74, 6) is -0.131. The third-order valence-electron chi connectivity index (χ3n) is 3.69. The number of rotatable bonds is 6. The van der Waals surface area contributed by atoms with Crippen LogP contribution in [0.4, 0.5) is 10.1 Å². The molecule has 1 N–H and O–H groups in total. The molecule has 1 atom stereocenters. The Morgan fingerprint density at radius 3 is 3.05 bits per heavy atom. The van der Waals surface area contributed by atoms with Crippen LogP contribution in [0.3, 0.4) is 0 Å².